The van der Waals surface area contributed by atoms with Crippen LogP contribution in [0.2, 0.25) is 0 Å². The number of allylic oxidation sites excluding steroid dienone is 2. The van der Waals surface area contributed by atoms with Crippen LogP contribution in [-0.4, -0.2) is 33.6 Å². The minimum atomic E-state index is -0.204. The standard InChI is InChI=1S/C11H19NO2/c1-5-7-10(6-2)8-12-9-11(13-3)14-4/h5-7,11-12H,1-2,8-9H2,3-4H3/b10-7+. The second-order valence-electron chi connectivity index (χ2n) is 2.71. The van der Waals surface area contributed by atoms with Crippen molar-refractivity contribution in [3.63, 3.8) is 0 Å². The highest BCUT2D eigenvalue weighted by Crippen LogP contribution is 1.94. The van der Waals surface area contributed by atoms with Gasteiger partial charge in [0.2, 0.25) is 0 Å². The maximum absolute atomic E-state index is 5.02. The molecule has 0 unspecified atom stereocenters. The van der Waals surface area contributed by atoms with Crippen LogP contribution in [0, 0.1) is 0 Å². The predicted molar refractivity (Wildman–Crippen MR) is 59.2 cm³/mol. The third-order valence-electron chi connectivity index (χ3n) is 1.76. The number of hydrogen-bond donors (Lipinski definition) is 1. The van der Waals surface area contributed by atoms with Crippen molar-refractivity contribution >= 4 is 0 Å². The summed E-state index contributed by atoms with van der Waals surface area (Å²) < 4.78 is 10.0. The summed E-state index contributed by atoms with van der Waals surface area (Å²) in [6.45, 7) is 8.70. The topological polar surface area (TPSA) is 30.5 Å². The lowest BCUT2D eigenvalue weighted by molar-refractivity contribution is -0.0983. The Morgan fingerprint density at radius 2 is 2.00 bits per heavy atom. The van der Waals surface area contributed by atoms with E-state index in [-0.39, 0.29) is 6.29 Å². The Morgan fingerprint density at radius 1 is 1.36 bits per heavy atom. The molecule has 0 fully saturated rings. The summed E-state index contributed by atoms with van der Waals surface area (Å²) in [6, 6.07) is 0. The Labute approximate surface area is 86.1 Å². The zero-order chi connectivity index (χ0) is 10.8. The molecule has 1 N–H and O–H groups in total. The summed E-state index contributed by atoms with van der Waals surface area (Å²) in [5, 5.41) is 3.19. The van der Waals surface area contributed by atoms with Crippen molar-refractivity contribution in [2.45, 2.75) is 6.29 Å². The van der Waals surface area contributed by atoms with Gasteiger partial charge in [-0.25, -0.2) is 0 Å². The zero-order valence-corrected chi connectivity index (χ0v) is 8.95. The predicted octanol–water partition coefficient (Wildman–Crippen LogP) is 1.49. The van der Waals surface area contributed by atoms with Crippen LogP contribution < -0.4 is 5.32 Å². The van der Waals surface area contributed by atoms with E-state index in [4.69, 9.17) is 9.47 Å². The Balaban J connectivity index is 3.75. The number of hydrogen-bond acceptors (Lipinski definition) is 3. The van der Waals surface area contributed by atoms with E-state index in [1.54, 1.807) is 26.4 Å². The van der Waals surface area contributed by atoms with Crippen molar-refractivity contribution < 1.29 is 9.47 Å². The fourth-order valence-corrected chi connectivity index (χ4v) is 0.948. The van der Waals surface area contributed by atoms with Crippen molar-refractivity contribution in [2.75, 3.05) is 27.3 Å². The van der Waals surface area contributed by atoms with Gasteiger partial charge in [0.25, 0.3) is 0 Å². The van der Waals surface area contributed by atoms with Crippen molar-refractivity contribution in [3.05, 3.63) is 37.0 Å². The molecule has 0 amide bonds. The van der Waals surface area contributed by atoms with E-state index in [0.717, 1.165) is 12.1 Å². The van der Waals surface area contributed by atoms with Crippen LogP contribution in [0.5, 0.6) is 0 Å². The van der Waals surface area contributed by atoms with E-state index >= 15 is 0 Å². The molecule has 3 nitrogen and oxygen atoms in total. The molecule has 0 bridgehead atoms. The molecule has 0 rings (SSSR count). The Hall–Kier alpha value is -0.900. The molecule has 0 atom stereocenters. The molecule has 0 saturated carbocycles. The average molecular weight is 197 g/mol. The molecule has 14 heavy (non-hydrogen) atoms. The van der Waals surface area contributed by atoms with Gasteiger partial charge < -0.3 is 14.8 Å². The van der Waals surface area contributed by atoms with E-state index < -0.39 is 0 Å². The molecule has 0 aliphatic heterocycles. The van der Waals surface area contributed by atoms with E-state index in [0.29, 0.717) is 6.54 Å². The maximum atomic E-state index is 5.02. The van der Waals surface area contributed by atoms with E-state index in [1.807, 2.05) is 6.08 Å². The minimum absolute atomic E-state index is 0.204. The van der Waals surface area contributed by atoms with Crippen LogP contribution in [0.1, 0.15) is 0 Å². The molecule has 0 radical (unpaired) electrons. The van der Waals surface area contributed by atoms with Crippen molar-refractivity contribution in [2.24, 2.45) is 0 Å². The first-order valence-electron chi connectivity index (χ1n) is 4.48. The number of methoxy groups -OCH3 is 2. The summed E-state index contributed by atoms with van der Waals surface area (Å²) >= 11 is 0. The molecule has 0 aromatic heterocycles. The van der Waals surface area contributed by atoms with Crippen LogP contribution in [0.15, 0.2) is 37.0 Å². The molecule has 80 valence electrons. The first-order chi connectivity index (χ1) is 6.78. The summed E-state index contributed by atoms with van der Waals surface area (Å²) in [5.74, 6) is 0. The fraction of sp³-hybridized carbons (Fsp3) is 0.455. The monoisotopic (exact) mass is 197 g/mol. The van der Waals surface area contributed by atoms with Gasteiger partial charge in [0.15, 0.2) is 6.29 Å². The molecule has 0 saturated heterocycles. The highest BCUT2D eigenvalue weighted by Gasteiger charge is 2.02. The van der Waals surface area contributed by atoms with Crippen molar-refractivity contribution in [1.29, 1.82) is 0 Å². The number of nitrogens with one attached hydrogen (secondary N) is 1. The molecule has 0 aromatic rings. The highest BCUT2D eigenvalue weighted by molar-refractivity contribution is 5.22. The summed E-state index contributed by atoms with van der Waals surface area (Å²) in [5.41, 5.74) is 1.09. The van der Waals surface area contributed by atoms with E-state index in [2.05, 4.69) is 18.5 Å². The molecule has 3 heteroatoms. The van der Waals surface area contributed by atoms with Gasteiger partial charge in [0.05, 0.1) is 0 Å². The van der Waals surface area contributed by atoms with Gasteiger partial charge in [-0.1, -0.05) is 31.4 Å². The molecule has 0 aliphatic carbocycles. The summed E-state index contributed by atoms with van der Waals surface area (Å²) in [7, 11) is 3.23. The first kappa shape index (κ1) is 13.1. The quantitative estimate of drug-likeness (QED) is 0.472. The van der Waals surface area contributed by atoms with E-state index in [9.17, 15) is 0 Å². The SMILES string of the molecule is C=C/C=C(\C=C)CNCC(OC)OC. The summed E-state index contributed by atoms with van der Waals surface area (Å²) in [6.07, 6.45) is 5.24. The fourth-order valence-electron chi connectivity index (χ4n) is 0.948. The summed E-state index contributed by atoms with van der Waals surface area (Å²) in [4.78, 5) is 0. The first-order valence-corrected chi connectivity index (χ1v) is 4.48. The van der Waals surface area contributed by atoms with Gasteiger partial charge in [-0.3, -0.25) is 0 Å². The Morgan fingerprint density at radius 3 is 2.43 bits per heavy atom. The third-order valence-corrected chi connectivity index (χ3v) is 1.76. The Bertz CT molecular complexity index is 195. The smallest absolute Gasteiger partial charge is 0.169 e. The van der Waals surface area contributed by atoms with Crippen LogP contribution in [-0.2, 0) is 9.47 Å². The van der Waals surface area contributed by atoms with Crippen molar-refractivity contribution in [3.8, 4) is 0 Å². The zero-order valence-electron chi connectivity index (χ0n) is 8.95. The van der Waals surface area contributed by atoms with Crippen LogP contribution in [0.3, 0.4) is 0 Å². The normalized spacial score (nSPS) is 11.8. The van der Waals surface area contributed by atoms with Gasteiger partial charge in [-0.2, -0.15) is 0 Å². The van der Waals surface area contributed by atoms with Crippen molar-refractivity contribution in [1.82, 2.24) is 5.32 Å². The lowest BCUT2D eigenvalue weighted by atomic mass is 10.2. The largest absolute Gasteiger partial charge is 0.355 e. The molecular weight excluding hydrogens is 178 g/mol. The molecule has 0 aliphatic rings. The third kappa shape index (κ3) is 5.70. The molecule has 0 aromatic carbocycles. The van der Waals surface area contributed by atoms with Gasteiger partial charge in [0.1, 0.15) is 0 Å². The maximum Gasteiger partial charge on any atom is 0.169 e. The van der Waals surface area contributed by atoms with Gasteiger partial charge in [0, 0.05) is 27.3 Å². The number of ether oxygens (including phenoxy) is 2. The van der Waals surface area contributed by atoms with Crippen LogP contribution in [0.4, 0.5) is 0 Å². The lowest BCUT2D eigenvalue weighted by Crippen LogP contribution is -2.30. The lowest BCUT2D eigenvalue weighted by Gasteiger charge is -2.14. The van der Waals surface area contributed by atoms with E-state index in [1.165, 1.54) is 0 Å². The minimum Gasteiger partial charge on any atom is -0.355 e. The molecule has 0 spiro atoms. The van der Waals surface area contributed by atoms with Gasteiger partial charge >= 0.3 is 0 Å². The average Bonchev–Trinajstić information content (AvgIpc) is 2.23. The van der Waals surface area contributed by atoms with Crippen LogP contribution in [0.25, 0.3) is 0 Å². The Kier molecular flexibility index (Phi) is 8.13. The molecule has 0 heterocycles. The highest BCUT2D eigenvalue weighted by atomic mass is 16.7. The van der Waals surface area contributed by atoms with Gasteiger partial charge in [-0.05, 0) is 5.57 Å². The second kappa shape index (κ2) is 8.69. The molecular formula is C11H19NO2. The number of rotatable bonds is 8. The second-order valence-corrected chi connectivity index (χ2v) is 2.71. The van der Waals surface area contributed by atoms with Gasteiger partial charge in [-0.15, -0.1) is 0 Å². The van der Waals surface area contributed by atoms with Crippen LogP contribution >= 0.6 is 0 Å².